The number of aryl methyl sites for hydroxylation is 2. The average Bonchev–Trinajstić information content (AvgIpc) is 3.59. The molecule has 2 unspecified atom stereocenters. The molecule has 0 bridgehead atoms. The highest BCUT2D eigenvalue weighted by atomic mass is 16.5. The maximum atomic E-state index is 6.52. The number of para-hydroxylation sites is 1. The van der Waals surface area contributed by atoms with Crippen LogP contribution < -0.4 is 9.64 Å². The molecule has 0 aliphatic heterocycles. The van der Waals surface area contributed by atoms with E-state index < -0.39 is 5.41 Å². The number of hydrogen-bond acceptors (Lipinski definition) is 2. The van der Waals surface area contributed by atoms with Crippen molar-refractivity contribution in [2.75, 3.05) is 4.90 Å². The lowest BCUT2D eigenvalue weighted by atomic mass is 9.67. The molecule has 0 N–H and O–H groups in total. The molecule has 308 valence electrons. The number of anilines is 3. The number of fused-ring (bicyclic) bond motifs is 3. The van der Waals surface area contributed by atoms with Crippen molar-refractivity contribution in [3.8, 4) is 28.0 Å². The van der Waals surface area contributed by atoms with Crippen molar-refractivity contribution in [3.05, 3.63) is 239 Å². The first-order valence-corrected chi connectivity index (χ1v) is 22.3. The molecule has 2 heteroatoms. The first kappa shape index (κ1) is 40.7. The summed E-state index contributed by atoms with van der Waals surface area (Å²) in [6.07, 6.45) is 1.20. The van der Waals surface area contributed by atoms with Crippen LogP contribution >= 0.6 is 0 Å². The van der Waals surface area contributed by atoms with Gasteiger partial charge in [0.2, 0.25) is 0 Å². The quantitative estimate of drug-likeness (QED) is 0.115. The largest absolute Gasteiger partial charge is 0.489 e. The van der Waals surface area contributed by atoms with E-state index in [-0.39, 0.29) is 0 Å². The molecule has 1 aliphatic carbocycles. The monoisotopic (exact) mass is 807 g/mol. The van der Waals surface area contributed by atoms with Gasteiger partial charge in [-0.15, -0.1) is 0 Å². The molecule has 0 saturated carbocycles. The fourth-order valence-electron chi connectivity index (χ4n) is 9.97. The molecule has 2 atom stereocenters. The molecule has 9 rings (SSSR count). The Morgan fingerprint density at radius 2 is 1.06 bits per heavy atom. The van der Waals surface area contributed by atoms with Crippen molar-refractivity contribution in [2.24, 2.45) is 11.8 Å². The predicted octanol–water partition coefficient (Wildman–Crippen LogP) is 16.2. The first-order valence-electron chi connectivity index (χ1n) is 22.3. The molecule has 8 aromatic rings. The molecule has 8 aromatic carbocycles. The van der Waals surface area contributed by atoms with Gasteiger partial charge in [-0.2, -0.15) is 0 Å². The summed E-state index contributed by atoms with van der Waals surface area (Å²) >= 11 is 0. The smallest absolute Gasteiger partial charge is 0.119 e. The lowest BCUT2D eigenvalue weighted by Gasteiger charge is -2.35. The minimum absolute atomic E-state index is 0.523. The Kier molecular flexibility index (Phi) is 11.4. The second-order valence-electron chi connectivity index (χ2n) is 18.0. The minimum atomic E-state index is -0.574. The molecule has 0 radical (unpaired) electrons. The van der Waals surface area contributed by atoms with Crippen LogP contribution in [0.15, 0.2) is 194 Å². The molecule has 0 spiro atoms. The number of nitrogens with zero attached hydrogens (tertiary/aromatic N) is 1. The molecule has 0 amide bonds. The third-order valence-electron chi connectivity index (χ3n) is 12.8. The Morgan fingerprint density at radius 3 is 1.73 bits per heavy atom. The summed E-state index contributed by atoms with van der Waals surface area (Å²) in [5.41, 5.74) is 17.8. The van der Waals surface area contributed by atoms with Gasteiger partial charge in [0, 0.05) is 17.1 Å². The van der Waals surface area contributed by atoms with Crippen LogP contribution in [0.1, 0.15) is 84.5 Å². The Bertz CT molecular complexity index is 2750. The molecule has 1 aliphatic rings. The van der Waals surface area contributed by atoms with Gasteiger partial charge >= 0.3 is 0 Å². The van der Waals surface area contributed by atoms with E-state index in [0.29, 0.717) is 24.4 Å². The van der Waals surface area contributed by atoms with Crippen LogP contribution in [0.4, 0.5) is 17.1 Å². The van der Waals surface area contributed by atoms with Crippen molar-refractivity contribution in [1.29, 1.82) is 0 Å². The summed E-state index contributed by atoms with van der Waals surface area (Å²) in [6, 6.07) is 71.5. The molecule has 62 heavy (non-hydrogen) atoms. The summed E-state index contributed by atoms with van der Waals surface area (Å²) in [4.78, 5) is 2.39. The van der Waals surface area contributed by atoms with Gasteiger partial charge in [0.05, 0.1) is 5.41 Å². The number of ether oxygens (including phenoxy) is 1. The Morgan fingerprint density at radius 1 is 0.484 bits per heavy atom. The highest BCUT2D eigenvalue weighted by Crippen LogP contribution is 2.57. The molecule has 0 fully saturated rings. The van der Waals surface area contributed by atoms with Crippen LogP contribution in [0, 0.1) is 25.7 Å². The number of rotatable bonds is 13. The number of benzene rings is 8. The zero-order valence-electron chi connectivity index (χ0n) is 37.0. The molecule has 0 aromatic heterocycles. The fraction of sp³-hybridized carbons (Fsp3) is 0.200. The molecular weight excluding hydrogens is 751 g/mol. The first-order chi connectivity index (χ1) is 30.2. The van der Waals surface area contributed by atoms with Crippen LogP contribution in [0.3, 0.4) is 0 Å². The summed E-state index contributed by atoms with van der Waals surface area (Å²) in [6.45, 7) is 14.3. The van der Waals surface area contributed by atoms with Crippen LogP contribution in [0.25, 0.3) is 22.3 Å². The van der Waals surface area contributed by atoms with Gasteiger partial charge in [-0.25, -0.2) is 0 Å². The summed E-state index contributed by atoms with van der Waals surface area (Å²) in [5.74, 6) is 2.71. The van der Waals surface area contributed by atoms with E-state index in [1.165, 1.54) is 73.2 Å². The maximum Gasteiger partial charge on any atom is 0.119 e. The maximum absolute atomic E-state index is 6.52. The zero-order chi connectivity index (χ0) is 42.8. The van der Waals surface area contributed by atoms with Crippen LogP contribution in [0.2, 0.25) is 0 Å². The van der Waals surface area contributed by atoms with E-state index in [0.717, 1.165) is 22.8 Å². The van der Waals surface area contributed by atoms with Gasteiger partial charge in [-0.3, -0.25) is 0 Å². The van der Waals surface area contributed by atoms with Gasteiger partial charge < -0.3 is 9.64 Å². The van der Waals surface area contributed by atoms with Gasteiger partial charge in [0.15, 0.2) is 0 Å². The van der Waals surface area contributed by atoms with E-state index in [1.807, 2.05) is 0 Å². The van der Waals surface area contributed by atoms with Crippen molar-refractivity contribution in [1.82, 2.24) is 0 Å². The summed E-state index contributed by atoms with van der Waals surface area (Å²) < 4.78 is 6.52. The van der Waals surface area contributed by atoms with Gasteiger partial charge in [0.25, 0.3) is 0 Å². The van der Waals surface area contributed by atoms with Gasteiger partial charge in [-0.05, 0) is 142 Å². The molecular formula is C60H57NO. The second-order valence-corrected chi connectivity index (χ2v) is 18.0. The zero-order valence-corrected chi connectivity index (χ0v) is 37.0. The van der Waals surface area contributed by atoms with Crippen molar-refractivity contribution in [2.45, 2.75) is 65.9 Å². The van der Waals surface area contributed by atoms with Crippen molar-refractivity contribution >= 4 is 17.1 Å². The van der Waals surface area contributed by atoms with Crippen LogP contribution in [0.5, 0.6) is 5.75 Å². The Balaban J connectivity index is 1.13. The molecule has 0 heterocycles. The minimum Gasteiger partial charge on any atom is -0.489 e. The lowest BCUT2D eigenvalue weighted by molar-refractivity contribution is 0.306. The molecule has 0 saturated heterocycles. The number of hydrogen-bond donors (Lipinski definition) is 0. The van der Waals surface area contributed by atoms with Gasteiger partial charge in [-0.1, -0.05) is 184 Å². The van der Waals surface area contributed by atoms with E-state index >= 15 is 0 Å². The third-order valence-corrected chi connectivity index (χ3v) is 12.8. The van der Waals surface area contributed by atoms with Crippen LogP contribution in [-0.2, 0) is 12.0 Å². The standard InChI is InChI=1S/C60H57NO/c1-41(2)35-57(42(3)4)48-23-21-45(22-24-48)40-62-54-32-27-49(28-33-54)60(50-37-43(5)36-44(6)38-50)58-20-14-13-19-55(58)56-34-31-53(39-59(56)60)61(51-17-11-8-12-18-51)52-29-25-47(26-30-52)46-15-9-7-10-16-46/h7-34,36-39,41-42,57H,35,40H2,1-6H3. The van der Waals surface area contributed by atoms with Crippen molar-refractivity contribution in [3.63, 3.8) is 0 Å². The SMILES string of the molecule is Cc1cc(C)cc(C2(c3ccc(OCc4ccc(C(CC(C)C)C(C)C)cc4)cc3)c3ccccc3-c3ccc(N(c4ccccc4)c4ccc(-c5ccccc5)cc4)cc32)c1. The van der Waals surface area contributed by atoms with E-state index in [4.69, 9.17) is 4.74 Å². The van der Waals surface area contributed by atoms with Crippen LogP contribution in [-0.4, -0.2) is 0 Å². The highest BCUT2D eigenvalue weighted by Gasteiger charge is 2.46. The fourth-order valence-corrected chi connectivity index (χ4v) is 9.97. The summed E-state index contributed by atoms with van der Waals surface area (Å²) in [7, 11) is 0. The van der Waals surface area contributed by atoms with E-state index in [2.05, 4.69) is 241 Å². The lowest BCUT2D eigenvalue weighted by Crippen LogP contribution is -2.29. The highest BCUT2D eigenvalue weighted by molar-refractivity contribution is 5.89. The van der Waals surface area contributed by atoms with E-state index in [1.54, 1.807) is 0 Å². The molecule has 2 nitrogen and oxygen atoms in total. The summed E-state index contributed by atoms with van der Waals surface area (Å²) in [5, 5.41) is 0. The Hall–Kier alpha value is -6.64. The second kappa shape index (κ2) is 17.4. The topological polar surface area (TPSA) is 12.5 Å². The predicted molar refractivity (Wildman–Crippen MR) is 261 cm³/mol. The van der Waals surface area contributed by atoms with Gasteiger partial charge in [0.1, 0.15) is 12.4 Å². The average molecular weight is 808 g/mol. The van der Waals surface area contributed by atoms with Crippen molar-refractivity contribution < 1.29 is 4.74 Å². The normalized spacial score (nSPS) is 14.7. The van der Waals surface area contributed by atoms with E-state index in [9.17, 15) is 0 Å². The third kappa shape index (κ3) is 7.87. The Labute approximate surface area is 369 Å².